The zero-order valence-electron chi connectivity index (χ0n) is 10.1. The largest absolute Gasteiger partial charge is 0.385 e. The smallest absolute Gasteiger partial charge is 0.0591 e. The lowest BCUT2D eigenvalue weighted by Gasteiger charge is -2.12. The Kier molecular flexibility index (Phi) is 6.98. The Morgan fingerprint density at radius 3 is 2.73 bits per heavy atom. The van der Waals surface area contributed by atoms with Gasteiger partial charge in [0.1, 0.15) is 0 Å². The van der Waals surface area contributed by atoms with Gasteiger partial charge in [0.25, 0.3) is 0 Å². The van der Waals surface area contributed by atoms with Gasteiger partial charge < -0.3 is 14.8 Å². The quantitative estimate of drug-likeness (QED) is 0.626. The van der Waals surface area contributed by atoms with Crippen LogP contribution in [0, 0.1) is 5.92 Å². The van der Waals surface area contributed by atoms with Crippen LogP contribution in [0.5, 0.6) is 0 Å². The van der Waals surface area contributed by atoms with Crippen LogP contribution in [0.25, 0.3) is 0 Å². The van der Waals surface area contributed by atoms with Crippen LogP contribution in [0.15, 0.2) is 0 Å². The molecule has 0 aromatic rings. The van der Waals surface area contributed by atoms with E-state index in [1.807, 2.05) is 0 Å². The van der Waals surface area contributed by atoms with Crippen molar-refractivity contribution < 1.29 is 9.47 Å². The van der Waals surface area contributed by atoms with Crippen LogP contribution in [-0.4, -0.2) is 39.5 Å². The van der Waals surface area contributed by atoms with E-state index in [0.29, 0.717) is 0 Å². The van der Waals surface area contributed by atoms with Crippen molar-refractivity contribution in [3.05, 3.63) is 0 Å². The second kappa shape index (κ2) is 8.08. The van der Waals surface area contributed by atoms with Crippen LogP contribution in [0.4, 0.5) is 0 Å². The van der Waals surface area contributed by atoms with Gasteiger partial charge in [-0.25, -0.2) is 0 Å². The molecule has 0 spiro atoms. The molecule has 2 unspecified atom stereocenters. The summed E-state index contributed by atoms with van der Waals surface area (Å²) in [6.45, 7) is 5.77. The Labute approximate surface area is 93.5 Å². The highest BCUT2D eigenvalue weighted by molar-refractivity contribution is 4.77. The minimum absolute atomic E-state index is 0.738. The van der Waals surface area contributed by atoms with Crippen molar-refractivity contribution >= 4 is 0 Å². The minimum atomic E-state index is 0.738. The fourth-order valence-corrected chi connectivity index (χ4v) is 2.14. The molecule has 0 aromatic carbocycles. The van der Waals surface area contributed by atoms with Crippen LogP contribution >= 0.6 is 0 Å². The molecule has 1 saturated carbocycles. The van der Waals surface area contributed by atoms with Crippen LogP contribution < -0.4 is 5.32 Å². The number of ether oxygens (including phenoxy) is 2. The summed E-state index contributed by atoms with van der Waals surface area (Å²) in [6, 6.07) is 0.738. The van der Waals surface area contributed by atoms with Crippen LogP contribution in [-0.2, 0) is 9.47 Å². The van der Waals surface area contributed by atoms with Crippen LogP contribution in [0.3, 0.4) is 0 Å². The Morgan fingerprint density at radius 1 is 1.20 bits per heavy atom. The van der Waals surface area contributed by atoms with E-state index in [9.17, 15) is 0 Å². The molecule has 1 aliphatic rings. The molecule has 0 heterocycles. The monoisotopic (exact) mass is 215 g/mol. The summed E-state index contributed by atoms with van der Waals surface area (Å²) >= 11 is 0. The van der Waals surface area contributed by atoms with Gasteiger partial charge in [-0.3, -0.25) is 0 Å². The third kappa shape index (κ3) is 6.13. The molecular weight excluding hydrogens is 190 g/mol. The van der Waals surface area contributed by atoms with E-state index in [1.54, 1.807) is 7.11 Å². The van der Waals surface area contributed by atoms with E-state index < -0.39 is 0 Å². The van der Waals surface area contributed by atoms with E-state index in [4.69, 9.17) is 9.47 Å². The number of hydrogen-bond acceptors (Lipinski definition) is 3. The van der Waals surface area contributed by atoms with E-state index in [2.05, 4.69) is 12.2 Å². The van der Waals surface area contributed by atoms with Crippen molar-refractivity contribution in [2.75, 3.05) is 33.5 Å². The first-order valence-corrected chi connectivity index (χ1v) is 6.13. The topological polar surface area (TPSA) is 30.5 Å². The molecule has 90 valence electrons. The molecule has 3 nitrogen and oxygen atoms in total. The van der Waals surface area contributed by atoms with E-state index in [-0.39, 0.29) is 0 Å². The van der Waals surface area contributed by atoms with Crippen LogP contribution in [0.1, 0.15) is 32.6 Å². The van der Waals surface area contributed by atoms with Crippen molar-refractivity contribution in [2.45, 2.75) is 38.6 Å². The Balaban J connectivity index is 1.81. The lowest BCUT2D eigenvalue weighted by molar-refractivity contribution is 0.103. The highest BCUT2D eigenvalue weighted by Crippen LogP contribution is 2.24. The van der Waals surface area contributed by atoms with Gasteiger partial charge in [-0.1, -0.05) is 6.92 Å². The molecule has 3 heteroatoms. The van der Waals surface area contributed by atoms with Crippen molar-refractivity contribution in [3.63, 3.8) is 0 Å². The predicted octanol–water partition coefficient (Wildman–Crippen LogP) is 1.82. The lowest BCUT2D eigenvalue weighted by atomic mass is 10.1. The normalized spacial score (nSPS) is 26.0. The molecule has 0 saturated heterocycles. The molecule has 2 atom stereocenters. The number of nitrogens with one attached hydrogen (secondary N) is 1. The Hall–Kier alpha value is -0.120. The van der Waals surface area contributed by atoms with Gasteiger partial charge in [0.15, 0.2) is 0 Å². The average Bonchev–Trinajstić information content (AvgIpc) is 2.63. The lowest BCUT2D eigenvalue weighted by Crippen LogP contribution is -2.29. The fourth-order valence-electron chi connectivity index (χ4n) is 2.14. The van der Waals surface area contributed by atoms with Crippen molar-refractivity contribution in [1.29, 1.82) is 0 Å². The summed E-state index contributed by atoms with van der Waals surface area (Å²) in [5, 5.41) is 3.55. The molecule has 15 heavy (non-hydrogen) atoms. The van der Waals surface area contributed by atoms with Gasteiger partial charge in [0.05, 0.1) is 6.61 Å². The van der Waals surface area contributed by atoms with Crippen molar-refractivity contribution in [3.8, 4) is 0 Å². The van der Waals surface area contributed by atoms with Crippen LogP contribution in [0.2, 0.25) is 0 Å². The molecule has 1 aliphatic carbocycles. The fraction of sp³-hybridized carbons (Fsp3) is 1.00. The molecule has 1 rings (SSSR count). The Morgan fingerprint density at radius 2 is 2.07 bits per heavy atom. The maximum absolute atomic E-state index is 5.48. The number of hydrogen-bond donors (Lipinski definition) is 1. The molecular formula is C12H25NO2. The summed E-state index contributed by atoms with van der Waals surface area (Å²) in [4.78, 5) is 0. The SMILES string of the molecule is COCCCOCCNC1CCC(C)C1. The highest BCUT2D eigenvalue weighted by atomic mass is 16.5. The van der Waals surface area contributed by atoms with Gasteiger partial charge in [-0.05, 0) is 31.6 Å². The van der Waals surface area contributed by atoms with Gasteiger partial charge >= 0.3 is 0 Å². The summed E-state index contributed by atoms with van der Waals surface area (Å²) < 4.78 is 10.4. The van der Waals surface area contributed by atoms with Gasteiger partial charge in [-0.15, -0.1) is 0 Å². The summed E-state index contributed by atoms with van der Waals surface area (Å²) in [7, 11) is 1.73. The zero-order valence-corrected chi connectivity index (χ0v) is 10.1. The highest BCUT2D eigenvalue weighted by Gasteiger charge is 2.19. The third-order valence-electron chi connectivity index (χ3n) is 3.01. The molecule has 0 bridgehead atoms. The third-order valence-corrected chi connectivity index (χ3v) is 3.01. The molecule has 0 aromatic heterocycles. The molecule has 0 amide bonds. The molecule has 0 aliphatic heterocycles. The number of methoxy groups -OCH3 is 1. The van der Waals surface area contributed by atoms with Gasteiger partial charge in [0, 0.05) is 32.9 Å². The standard InChI is InChI=1S/C12H25NO2/c1-11-4-5-12(10-11)13-6-9-15-8-3-7-14-2/h11-13H,3-10H2,1-2H3. The van der Waals surface area contributed by atoms with E-state index in [0.717, 1.165) is 44.7 Å². The zero-order chi connectivity index (χ0) is 10.9. The van der Waals surface area contributed by atoms with E-state index in [1.165, 1.54) is 19.3 Å². The second-order valence-electron chi connectivity index (χ2n) is 4.53. The molecule has 1 N–H and O–H groups in total. The first kappa shape index (κ1) is 12.9. The number of rotatable bonds is 8. The molecule has 1 fully saturated rings. The first-order chi connectivity index (χ1) is 7.33. The molecule has 0 radical (unpaired) electrons. The first-order valence-electron chi connectivity index (χ1n) is 6.13. The average molecular weight is 215 g/mol. The van der Waals surface area contributed by atoms with Gasteiger partial charge in [0.2, 0.25) is 0 Å². The summed E-state index contributed by atoms with van der Waals surface area (Å²) in [5.74, 6) is 0.908. The van der Waals surface area contributed by atoms with Crippen molar-refractivity contribution in [1.82, 2.24) is 5.32 Å². The summed E-state index contributed by atoms with van der Waals surface area (Å²) in [6.07, 6.45) is 5.05. The van der Waals surface area contributed by atoms with E-state index >= 15 is 0 Å². The maximum Gasteiger partial charge on any atom is 0.0591 e. The minimum Gasteiger partial charge on any atom is -0.385 e. The predicted molar refractivity (Wildman–Crippen MR) is 62.1 cm³/mol. The maximum atomic E-state index is 5.48. The Bertz CT molecular complexity index is 153. The van der Waals surface area contributed by atoms with Crippen molar-refractivity contribution in [2.24, 2.45) is 5.92 Å². The summed E-state index contributed by atoms with van der Waals surface area (Å²) in [5.41, 5.74) is 0. The van der Waals surface area contributed by atoms with Gasteiger partial charge in [-0.2, -0.15) is 0 Å². The second-order valence-corrected chi connectivity index (χ2v) is 4.53.